The molecule has 1 amide bonds. The van der Waals surface area contributed by atoms with Gasteiger partial charge >= 0.3 is 0 Å². The zero-order valence-electron chi connectivity index (χ0n) is 14.6. The molecule has 0 atom stereocenters. The average Bonchev–Trinajstić information content (AvgIpc) is 3.10. The summed E-state index contributed by atoms with van der Waals surface area (Å²) < 4.78 is 13.8. The van der Waals surface area contributed by atoms with E-state index >= 15 is 0 Å². The molecule has 0 saturated heterocycles. The van der Waals surface area contributed by atoms with Crippen LogP contribution in [0.4, 0.5) is 10.1 Å². The number of nitrogens with zero attached hydrogens (tertiary/aromatic N) is 1. The molecule has 0 saturated carbocycles. The maximum absolute atomic E-state index is 13.8. The van der Waals surface area contributed by atoms with Crippen LogP contribution in [-0.4, -0.2) is 15.9 Å². The Morgan fingerprint density at radius 3 is 2.52 bits per heavy atom. The van der Waals surface area contributed by atoms with E-state index in [-0.39, 0.29) is 5.56 Å². The van der Waals surface area contributed by atoms with Crippen molar-refractivity contribution in [3.05, 3.63) is 95.6 Å². The van der Waals surface area contributed by atoms with Crippen LogP contribution in [0.25, 0.3) is 11.0 Å². The topological polar surface area (TPSA) is 57.8 Å². The zero-order valence-corrected chi connectivity index (χ0v) is 14.6. The van der Waals surface area contributed by atoms with E-state index in [0.29, 0.717) is 18.5 Å². The minimum Gasteiger partial charge on any atom is -0.342 e. The van der Waals surface area contributed by atoms with E-state index in [4.69, 9.17) is 0 Å². The van der Waals surface area contributed by atoms with Crippen molar-refractivity contribution in [1.82, 2.24) is 9.97 Å². The van der Waals surface area contributed by atoms with Crippen LogP contribution in [0.2, 0.25) is 0 Å². The van der Waals surface area contributed by atoms with E-state index < -0.39 is 11.7 Å². The lowest BCUT2D eigenvalue weighted by Crippen LogP contribution is -2.15. The molecule has 27 heavy (non-hydrogen) atoms. The molecule has 134 valence electrons. The van der Waals surface area contributed by atoms with E-state index in [1.807, 2.05) is 48.5 Å². The largest absolute Gasteiger partial charge is 0.342 e. The van der Waals surface area contributed by atoms with Crippen LogP contribution < -0.4 is 5.32 Å². The minimum absolute atomic E-state index is 0.0320. The van der Waals surface area contributed by atoms with E-state index in [1.165, 1.54) is 12.1 Å². The van der Waals surface area contributed by atoms with E-state index in [0.717, 1.165) is 22.4 Å². The number of aromatic nitrogens is 2. The van der Waals surface area contributed by atoms with E-state index in [2.05, 4.69) is 15.3 Å². The summed E-state index contributed by atoms with van der Waals surface area (Å²) in [7, 11) is 0. The van der Waals surface area contributed by atoms with Crippen molar-refractivity contribution in [2.75, 3.05) is 5.32 Å². The fraction of sp³-hybridized carbons (Fsp3) is 0.0909. The van der Waals surface area contributed by atoms with Crippen molar-refractivity contribution in [3.8, 4) is 0 Å². The van der Waals surface area contributed by atoms with Gasteiger partial charge in [0.05, 0.1) is 16.6 Å². The Kier molecular flexibility index (Phi) is 4.66. The summed E-state index contributed by atoms with van der Waals surface area (Å²) in [5, 5.41) is 2.82. The van der Waals surface area contributed by atoms with Gasteiger partial charge in [-0.25, -0.2) is 9.37 Å². The predicted molar refractivity (Wildman–Crippen MR) is 104 cm³/mol. The average molecular weight is 359 g/mol. The second-order valence-corrected chi connectivity index (χ2v) is 6.29. The molecular weight excluding hydrogens is 341 g/mol. The summed E-state index contributed by atoms with van der Waals surface area (Å²) in [6, 6.07) is 21.4. The molecule has 1 heterocycles. The Morgan fingerprint density at radius 2 is 1.67 bits per heavy atom. The Morgan fingerprint density at radius 1 is 0.926 bits per heavy atom. The third kappa shape index (κ3) is 3.72. The summed E-state index contributed by atoms with van der Waals surface area (Å²) in [6.45, 7) is 0. The molecule has 0 bridgehead atoms. The van der Waals surface area contributed by atoms with Gasteiger partial charge in [-0.05, 0) is 42.3 Å². The van der Waals surface area contributed by atoms with Crippen LogP contribution in [0.15, 0.2) is 72.8 Å². The molecule has 0 aliphatic heterocycles. The van der Waals surface area contributed by atoms with Crippen molar-refractivity contribution < 1.29 is 9.18 Å². The van der Waals surface area contributed by atoms with Crippen molar-refractivity contribution in [3.63, 3.8) is 0 Å². The molecule has 1 aromatic heterocycles. The number of imidazole rings is 1. The summed E-state index contributed by atoms with van der Waals surface area (Å²) >= 11 is 0. The van der Waals surface area contributed by atoms with Gasteiger partial charge < -0.3 is 10.3 Å². The number of aromatic amines is 1. The molecule has 4 rings (SSSR count). The quantitative estimate of drug-likeness (QED) is 0.541. The van der Waals surface area contributed by atoms with Gasteiger partial charge in [-0.1, -0.05) is 42.5 Å². The number of fused-ring (bicyclic) bond motifs is 1. The molecule has 3 aromatic carbocycles. The van der Waals surface area contributed by atoms with Crippen LogP contribution in [0, 0.1) is 5.82 Å². The molecule has 5 heteroatoms. The fourth-order valence-electron chi connectivity index (χ4n) is 3.07. The van der Waals surface area contributed by atoms with E-state index in [9.17, 15) is 9.18 Å². The molecule has 0 unspecified atom stereocenters. The van der Waals surface area contributed by atoms with Gasteiger partial charge in [0.25, 0.3) is 5.91 Å². The van der Waals surface area contributed by atoms with Gasteiger partial charge in [-0.2, -0.15) is 0 Å². The number of para-hydroxylation sites is 3. The van der Waals surface area contributed by atoms with Crippen LogP contribution in [0.3, 0.4) is 0 Å². The second kappa shape index (κ2) is 7.41. The maximum atomic E-state index is 13.8. The number of carbonyl (C=O) groups excluding carboxylic acids is 1. The van der Waals surface area contributed by atoms with Crippen molar-refractivity contribution in [1.29, 1.82) is 0 Å². The number of benzene rings is 3. The molecule has 0 spiro atoms. The molecule has 0 aliphatic carbocycles. The standard InChI is InChI=1S/C22H18FN3O/c23-17-9-3-2-8-16(17)22(27)26-18-10-4-1-7-15(18)13-14-21-24-19-11-5-6-12-20(19)25-21/h1-12H,13-14H2,(H,24,25)(H,26,27). The second-order valence-electron chi connectivity index (χ2n) is 6.29. The van der Waals surface area contributed by atoms with Gasteiger partial charge in [0.2, 0.25) is 0 Å². The zero-order chi connectivity index (χ0) is 18.6. The van der Waals surface area contributed by atoms with Gasteiger partial charge in [0.1, 0.15) is 11.6 Å². The molecule has 2 N–H and O–H groups in total. The first-order valence-electron chi connectivity index (χ1n) is 8.78. The monoisotopic (exact) mass is 359 g/mol. The number of carbonyl (C=O) groups is 1. The molecule has 0 fully saturated rings. The SMILES string of the molecule is O=C(Nc1ccccc1CCc1nc2ccccc2[nH]1)c1ccccc1F. The highest BCUT2D eigenvalue weighted by Gasteiger charge is 2.13. The lowest BCUT2D eigenvalue weighted by Gasteiger charge is -2.11. The Hall–Kier alpha value is -3.47. The Bertz CT molecular complexity index is 1070. The smallest absolute Gasteiger partial charge is 0.258 e. The fourth-order valence-corrected chi connectivity index (χ4v) is 3.07. The third-order valence-corrected chi connectivity index (χ3v) is 4.45. The van der Waals surface area contributed by atoms with Gasteiger partial charge in [0.15, 0.2) is 0 Å². The normalized spacial score (nSPS) is 10.9. The number of hydrogen-bond acceptors (Lipinski definition) is 2. The first-order chi connectivity index (χ1) is 13.2. The number of hydrogen-bond donors (Lipinski definition) is 2. The van der Waals surface area contributed by atoms with Crippen LogP contribution >= 0.6 is 0 Å². The number of anilines is 1. The Labute approximate surface area is 156 Å². The number of rotatable bonds is 5. The van der Waals surface area contributed by atoms with E-state index in [1.54, 1.807) is 12.1 Å². The number of halogens is 1. The first-order valence-corrected chi connectivity index (χ1v) is 8.78. The lowest BCUT2D eigenvalue weighted by molar-refractivity contribution is 0.102. The highest BCUT2D eigenvalue weighted by molar-refractivity contribution is 6.04. The third-order valence-electron chi connectivity index (χ3n) is 4.45. The summed E-state index contributed by atoms with van der Waals surface area (Å²) in [4.78, 5) is 20.3. The van der Waals surface area contributed by atoms with Crippen LogP contribution in [0.5, 0.6) is 0 Å². The summed E-state index contributed by atoms with van der Waals surface area (Å²) in [5.74, 6) is -0.0922. The van der Waals surface area contributed by atoms with Gasteiger partial charge in [-0.3, -0.25) is 4.79 Å². The van der Waals surface area contributed by atoms with Crippen LogP contribution in [-0.2, 0) is 12.8 Å². The summed E-state index contributed by atoms with van der Waals surface area (Å²) in [6.07, 6.45) is 1.41. The highest BCUT2D eigenvalue weighted by atomic mass is 19.1. The van der Waals surface area contributed by atoms with Crippen LogP contribution in [0.1, 0.15) is 21.7 Å². The molecular formula is C22H18FN3O. The predicted octanol–water partition coefficient (Wildman–Crippen LogP) is 4.74. The van der Waals surface area contributed by atoms with Crippen molar-refractivity contribution >= 4 is 22.6 Å². The number of amides is 1. The number of aryl methyl sites for hydroxylation is 2. The Balaban J connectivity index is 1.51. The van der Waals surface area contributed by atoms with Crippen molar-refractivity contribution in [2.24, 2.45) is 0 Å². The molecule has 4 nitrogen and oxygen atoms in total. The minimum atomic E-state index is -0.533. The number of nitrogens with one attached hydrogen (secondary N) is 2. The maximum Gasteiger partial charge on any atom is 0.258 e. The number of H-pyrrole nitrogens is 1. The van der Waals surface area contributed by atoms with Gasteiger partial charge in [0, 0.05) is 12.1 Å². The van der Waals surface area contributed by atoms with Gasteiger partial charge in [-0.15, -0.1) is 0 Å². The molecule has 4 aromatic rings. The van der Waals surface area contributed by atoms with Crippen molar-refractivity contribution in [2.45, 2.75) is 12.8 Å². The highest BCUT2D eigenvalue weighted by Crippen LogP contribution is 2.20. The first kappa shape index (κ1) is 17.0. The lowest BCUT2D eigenvalue weighted by atomic mass is 10.1. The molecule has 0 aliphatic rings. The molecule has 0 radical (unpaired) electrons. The summed E-state index contributed by atoms with van der Waals surface area (Å²) in [5.41, 5.74) is 3.64.